The summed E-state index contributed by atoms with van der Waals surface area (Å²) in [5.41, 5.74) is -0.347. The number of aliphatic hydroxyl groups excluding tert-OH is 1. The summed E-state index contributed by atoms with van der Waals surface area (Å²) in [4.78, 5) is 11.3. The van der Waals surface area contributed by atoms with Crippen molar-refractivity contribution in [2.24, 2.45) is 10.8 Å². The lowest BCUT2D eigenvalue weighted by Crippen LogP contribution is -2.38. The minimum atomic E-state index is -0.308. The molecule has 3 nitrogen and oxygen atoms in total. The summed E-state index contributed by atoms with van der Waals surface area (Å²) in [5, 5.41) is 9.83. The van der Waals surface area contributed by atoms with Crippen LogP contribution < -0.4 is 0 Å². The molecule has 0 radical (unpaired) electrons. The van der Waals surface area contributed by atoms with Crippen LogP contribution in [-0.4, -0.2) is 24.3 Å². The first-order valence-electron chi connectivity index (χ1n) is 5.08. The topological polar surface area (TPSA) is 46.5 Å². The van der Waals surface area contributed by atoms with Crippen LogP contribution in [0.5, 0.6) is 0 Å². The van der Waals surface area contributed by atoms with Gasteiger partial charge in [0, 0.05) is 0 Å². The van der Waals surface area contributed by atoms with Gasteiger partial charge in [-0.2, -0.15) is 0 Å². The van der Waals surface area contributed by atoms with Crippen molar-refractivity contribution in [1.82, 2.24) is 0 Å². The lowest BCUT2D eigenvalue weighted by Gasteiger charge is -2.39. The second-order valence-electron chi connectivity index (χ2n) is 5.09. The number of carbonyl (C=O) groups excluding carboxylic acids is 1. The number of rotatable bonds is 2. The molecule has 1 saturated carbocycles. The lowest BCUT2D eigenvalue weighted by atomic mass is 9.66. The van der Waals surface area contributed by atoms with Gasteiger partial charge in [0.2, 0.25) is 0 Å². The Bertz CT molecular complexity index is 235. The Labute approximate surface area is 85.5 Å². The van der Waals surface area contributed by atoms with Crippen molar-refractivity contribution in [3.63, 3.8) is 0 Å². The fraction of sp³-hybridized carbons (Fsp3) is 0.909. The van der Waals surface area contributed by atoms with Crippen LogP contribution >= 0.6 is 0 Å². The Morgan fingerprint density at radius 3 is 2.43 bits per heavy atom. The molecule has 0 saturated heterocycles. The minimum Gasteiger partial charge on any atom is -0.469 e. The maximum absolute atomic E-state index is 11.3. The SMILES string of the molecule is COC(=O)C[C@@]1(C)CC[C@H](O)C1(C)C. The van der Waals surface area contributed by atoms with Gasteiger partial charge in [-0.3, -0.25) is 4.79 Å². The van der Waals surface area contributed by atoms with E-state index < -0.39 is 0 Å². The molecule has 3 heteroatoms. The molecule has 0 bridgehead atoms. The van der Waals surface area contributed by atoms with Crippen LogP contribution in [0.25, 0.3) is 0 Å². The maximum atomic E-state index is 11.3. The molecule has 2 atom stereocenters. The molecule has 1 aliphatic rings. The number of methoxy groups -OCH3 is 1. The molecule has 0 aromatic carbocycles. The summed E-state index contributed by atoms with van der Waals surface area (Å²) in [6.45, 7) is 6.10. The molecule has 0 aromatic heterocycles. The fourth-order valence-corrected chi connectivity index (χ4v) is 2.25. The molecule has 1 rings (SSSR count). The highest BCUT2D eigenvalue weighted by atomic mass is 16.5. The summed E-state index contributed by atoms with van der Waals surface area (Å²) >= 11 is 0. The molecule has 1 aliphatic carbocycles. The maximum Gasteiger partial charge on any atom is 0.306 e. The summed E-state index contributed by atoms with van der Waals surface area (Å²) in [6.07, 6.45) is 1.75. The number of aliphatic hydroxyl groups is 1. The standard InChI is InChI=1S/C11H20O3/c1-10(2)8(12)5-6-11(10,3)7-9(13)14-4/h8,12H,5-7H2,1-4H3/t8-,11+/m0/s1. The van der Waals surface area contributed by atoms with Gasteiger partial charge in [-0.1, -0.05) is 20.8 Å². The second kappa shape index (κ2) is 3.54. The van der Waals surface area contributed by atoms with Crippen molar-refractivity contribution < 1.29 is 14.6 Å². The van der Waals surface area contributed by atoms with Crippen LogP contribution in [0, 0.1) is 10.8 Å². The van der Waals surface area contributed by atoms with E-state index in [1.165, 1.54) is 7.11 Å². The van der Waals surface area contributed by atoms with Crippen LogP contribution in [0.4, 0.5) is 0 Å². The number of ether oxygens (including phenoxy) is 1. The van der Waals surface area contributed by atoms with Crippen molar-refractivity contribution in [3.05, 3.63) is 0 Å². The van der Waals surface area contributed by atoms with Gasteiger partial charge < -0.3 is 9.84 Å². The molecule has 0 aromatic rings. The van der Waals surface area contributed by atoms with Crippen LogP contribution in [0.1, 0.15) is 40.0 Å². The molecule has 82 valence electrons. The van der Waals surface area contributed by atoms with E-state index >= 15 is 0 Å². The van der Waals surface area contributed by atoms with Crippen LogP contribution in [0.2, 0.25) is 0 Å². The van der Waals surface area contributed by atoms with Gasteiger partial charge in [-0.05, 0) is 23.7 Å². The number of esters is 1. The fourth-order valence-electron chi connectivity index (χ4n) is 2.25. The van der Waals surface area contributed by atoms with Gasteiger partial charge in [0.15, 0.2) is 0 Å². The van der Waals surface area contributed by atoms with Crippen molar-refractivity contribution in [2.45, 2.75) is 46.1 Å². The number of hydrogen-bond donors (Lipinski definition) is 1. The van der Waals surface area contributed by atoms with E-state index in [-0.39, 0.29) is 22.9 Å². The van der Waals surface area contributed by atoms with Crippen LogP contribution in [-0.2, 0) is 9.53 Å². The molecular weight excluding hydrogens is 180 g/mol. The largest absolute Gasteiger partial charge is 0.469 e. The van der Waals surface area contributed by atoms with Crippen molar-refractivity contribution in [1.29, 1.82) is 0 Å². The second-order valence-corrected chi connectivity index (χ2v) is 5.09. The van der Waals surface area contributed by atoms with Gasteiger partial charge in [0.25, 0.3) is 0 Å². The van der Waals surface area contributed by atoms with E-state index in [1.54, 1.807) is 0 Å². The molecular formula is C11H20O3. The Morgan fingerprint density at radius 2 is 2.07 bits per heavy atom. The average molecular weight is 200 g/mol. The van der Waals surface area contributed by atoms with E-state index in [0.717, 1.165) is 12.8 Å². The first-order valence-corrected chi connectivity index (χ1v) is 5.08. The summed E-state index contributed by atoms with van der Waals surface area (Å²) in [7, 11) is 1.41. The summed E-state index contributed by atoms with van der Waals surface area (Å²) in [5.74, 6) is -0.185. The third-order valence-electron chi connectivity index (χ3n) is 4.12. The summed E-state index contributed by atoms with van der Waals surface area (Å²) in [6, 6.07) is 0. The first kappa shape index (κ1) is 11.5. The third kappa shape index (κ3) is 1.65. The van der Waals surface area contributed by atoms with E-state index in [9.17, 15) is 9.90 Å². The first-order chi connectivity index (χ1) is 6.33. The highest BCUT2D eigenvalue weighted by Crippen LogP contribution is 2.54. The monoisotopic (exact) mass is 200 g/mol. The third-order valence-corrected chi connectivity index (χ3v) is 4.12. The van der Waals surface area contributed by atoms with E-state index in [1.807, 2.05) is 13.8 Å². The normalized spacial score (nSPS) is 35.6. The van der Waals surface area contributed by atoms with Crippen LogP contribution in [0.15, 0.2) is 0 Å². The quantitative estimate of drug-likeness (QED) is 0.691. The van der Waals surface area contributed by atoms with Crippen molar-refractivity contribution in [3.8, 4) is 0 Å². The van der Waals surface area contributed by atoms with Crippen molar-refractivity contribution >= 4 is 5.97 Å². The van der Waals surface area contributed by atoms with Gasteiger partial charge >= 0.3 is 5.97 Å². The Hall–Kier alpha value is -0.570. The molecule has 1 fully saturated rings. The molecule has 0 spiro atoms. The Morgan fingerprint density at radius 1 is 1.50 bits per heavy atom. The molecule has 1 N–H and O–H groups in total. The predicted octanol–water partition coefficient (Wildman–Crippen LogP) is 1.74. The van der Waals surface area contributed by atoms with Crippen molar-refractivity contribution in [2.75, 3.05) is 7.11 Å². The Balaban J connectivity index is 2.79. The minimum absolute atomic E-state index is 0.139. The number of hydrogen-bond acceptors (Lipinski definition) is 3. The average Bonchev–Trinajstić information content (AvgIpc) is 2.30. The van der Waals surface area contributed by atoms with E-state index in [2.05, 4.69) is 11.7 Å². The Kier molecular flexibility index (Phi) is 2.91. The smallest absolute Gasteiger partial charge is 0.306 e. The van der Waals surface area contributed by atoms with Crippen LogP contribution in [0.3, 0.4) is 0 Å². The number of carbonyl (C=O) groups is 1. The lowest BCUT2D eigenvalue weighted by molar-refractivity contribution is -0.145. The zero-order valence-electron chi connectivity index (χ0n) is 9.46. The molecule has 0 aliphatic heterocycles. The van der Waals surface area contributed by atoms with Gasteiger partial charge in [0.1, 0.15) is 0 Å². The molecule has 14 heavy (non-hydrogen) atoms. The highest BCUT2D eigenvalue weighted by Gasteiger charge is 2.51. The predicted molar refractivity (Wildman–Crippen MR) is 53.8 cm³/mol. The zero-order valence-corrected chi connectivity index (χ0v) is 9.46. The molecule has 0 heterocycles. The molecule has 0 unspecified atom stereocenters. The summed E-state index contributed by atoms with van der Waals surface area (Å²) < 4.78 is 4.69. The van der Waals surface area contributed by atoms with E-state index in [0.29, 0.717) is 6.42 Å². The van der Waals surface area contributed by atoms with Gasteiger partial charge in [-0.25, -0.2) is 0 Å². The highest BCUT2D eigenvalue weighted by molar-refractivity contribution is 5.70. The van der Waals surface area contributed by atoms with Gasteiger partial charge in [-0.15, -0.1) is 0 Å². The zero-order chi connectivity index (χ0) is 11.0. The molecule has 0 amide bonds. The van der Waals surface area contributed by atoms with Gasteiger partial charge in [0.05, 0.1) is 19.6 Å². The van der Waals surface area contributed by atoms with E-state index in [4.69, 9.17) is 0 Å².